The van der Waals surface area contributed by atoms with Crippen LogP contribution in [-0.4, -0.2) is 49.5 Å². The summed E-state index contributed by atoms with van der Waals surface area (Å²) in [7, 11) is 1.72. The third kappa shape index (κ3) is 7.67. The summed E-state index contributed by atoms with van der Waals surface area (Å²) in [5, 5.41) is 10.4. The van der Waals surface area contributed by atoms with Crippen LogP contribution in [0.3, 0.4) is 0 Å². The summed E-state index contributed by atoms with van der Waals surface area (Å²) in [6, 6.07) is 18.4. The van der Waals surface area contributed by atoms with Gasteiger partial charge in [0, 0.05) is 33.4 Å². The molecule has 0 aliphatic heterocycles. The highest BCUT2D eigenvalue weighted by molar-refractivity contribution is 5.25. The van der Waals surface area contributed by atoms with Crippen molar-refractivity contribution in [2.45, 2.75) is 32.6 Å². The molecule has 0 amide bonds. The lowest BCUT2D eigenvalue weighted by Gasteiger charge is -2.26. The normalized spacial score (nSPS) is 12.5. The van der Waals surface area contributed by atoms with Crippen LogP contribution in [0.2, 0.25) is 0 Å². The van der Waals surface area contributed by atoms with Crippen LogP contribution in [0.15, 0.2) is 54.6 Å². The van der Waals surface area contributed by atoms with E-state index in [-0.39, 0.29) is 0 Å². The maximum absolute atomic E-state index is 10.4. The van der Waals surface area contributed by atoms with Gasteiger partial charge in [-0.1, -0.05) is 54.6 Å². The molecule has 0 bridgehead atoms. The number of methoxy groups -OCH3 is 1. The molecule has 2 aromatic carbocycles. The molecule has 1 N–H and O–H groups in total. The molecule has 0 heterocycles. The van der Waals surface area contributed by atoms with Gasteiger partial charge in [-0.3, -0.25) is 4.90 Å². The molecule has 0 fully saturated rings. The molecule has 0 spiro atoms. The number of aliphatic hydroxyl groups is 1. The van der Waals surface area contributed by atoms with Crippen molar-refractivity contribution in [1.29, 1.82) is 0 Å². The molecular weight excluding hydrogens is 326 g/mol. The van der Waals surface area contributed by atoms with Gasteiger partial charge in [-0.2, -0.15) is 0 Å². The quantitative estimate of drug-likeness (QED) is 0.591. The van der Waals surface area contributed by atoms with Crippen LogP contribution in [0.25, 0.3) is 0 Å². The van der Waals surface area contributed by atoms with Gasteiger partial charge < -0.3 is 14.6 Å². The van der Waals surface area contributed by atoms with E-state index in [0.717, 1.165) is 31.7 Å². The monoisotopic (exact) mass is 357 g/mol. The second-order valence-electron chi connectivity index (χ2n) is 6.66. The molecule has 0 saturated heterocycles. The average Bonchev–Trinajstić information content (AvgIpc) is 2.64. The SMILES string of the molecule is COCCCN(Cc1ccccc1C)CC(O)COCc1ccccc1. The standard InChI is InChI=1S/C22H31NO3/c1-19-9-6-7-12-21(19)15-23(13-8-14-25-2)16-22(24)18-26-17-20-10-4-3-5-11-20/h3-7,9-12,22,24H,8,13-18H2,1-2H3. The zero-order valence-electron chi connectivity index (χ0n) is 15.9. The lowest BCUT2D eigenvalue weighted by Crippen LogP contribution is -2.35. The minimum Gasteiger partial charge on any atom is -0.389 e. The fourth-order valence-electron chi connectivity index (χ4n) is 2.93. The molecule has 1 unspecified atom stereocenters. The summed E-state index contributed by atoms with van der Waals surface area (Å²) >= 11 is 0. The Hall–Kier alpha value is -1.72. The van der Waals surface area contributed by atoms with Crippen LogP contribution in [0.5, 0.6) is 0 Å². The van der Waals surface area contributed by atoms with Crippen molar-refractivity contribution < 1.29 is 14.6 Å². The van der Waals surface area contributed by atoms with Gasteiger partial charge in [-0.25, -0.2) is 0 Å². The number of rotatable bonds is 12. The number of aliphatic hydroxyl groups excluding tert-OH is 1. The van der Waals surface area contributed by atoms with E-state index in [1.54, 1.807) is 7.11 Å². The van der Waals surface area contributed by atoms with Crippen molar-refractivity contribution in [2.75, 3.05) is 33.4 Å². The molecule has 2 aromatic rings. The first-order valence-corrected chi connectivity index (χ1v) is 9.24. The van der Waals surface area contributed by atoms with Crippen LogP contribution in [-0.2, 0) is 22.6 Å². The number of aryl methyl sites for hydroxylation is 1. The zero-order valence-corrected chi connectivity index (χ0v) is 15.9. The molecule has 0 radical (unpaired) electrons. The minimum atomic E-state index is -0.509. The largest absolute Gasteiger partial charge is 0.389 e. The summed E-state index contributed by atoms with van der Waals surface area (Å²) in [6.07, 6.45) is 0.435. The Balaban J connectivity index is 1.83. The van der Waals surface area contributed by atoms with Crippen molar-refractivity contribution in [1.82, 2.24) is 4.90 Å². The lowest BCUT2D eigenvalue weighted by molar-refractivity contribution is 0.00736. The summed E-state index contributed by atoms with van der Waals surface area (Å²) in [6.45, 7) is 6.02. The predicted octanol–water partition coefficient (Wildman–Crippen LogP) is 3.41. The Bertz CT molecular complexity index is 618. The number of hydrogen-bond acceptors (Lipinski definition) is 4. The molecule has 0 aliphatic carbocycles. The van der Waals surface area contributed by atoms with Crippen molar-refractivity contribution in [3.8, 4) is 0 Å². The Kier molecular flexibility index (Phi) is 9.35. The predicted molar refractivity (Wildman–Crippen MR) is 105 cm³/mol. The number of hydrogen-bond donors (Lipinski definition) is 1. The van der Waals surface area contributed by atoms with Gasteiger partial charge in [0.2, 0.25) is 0 Å². The van der Waals surface area contributed by atoms with E-state index in [9.17, 15) is 5.11 Å². The molecule has 0 aliphatic rings. The van der Waals surface area contributed by atoms with E-state index in [2.05, 4.69) is 36.1 Å². The molecule has 26 heavy (non-hydrogen) atoms. The molecule has 4 nitrogen and oxygen atoms in total. The maximum Gasteiger partial charge on any atom is 0.0900 e. The van der Waals surface area contributed by atoms with Gasteiger partial charge in [0.25, 0.3) is 0 Å². The first kappa shape index (κ1) is 20.6. The Morgan fingerprint density at radius 2 is 1.77 bits per heavy atom. The van der Waals surface area contributed by atoms with E-state index in [1.165, 1.54) is 11.1 Å². The fourth-order valence-corrected chi connectivity index (χ4v) is 2.93. The van der Waals surface area contributed by atoms with Crippen molar-refractivity contribution >= 4 is 0 Å². The minimum absolute atomic E-state index is 0.337. The molecule has 1 atom stereocenters. The molecule has 4 heteroatoms. The number of nitrogens with zero attached hydrogens (tertiary/aromatic N) is 1. The van der Waals surface area contributed by atoms with Crippen LogP contribution in [0.4, 0.5) is 0 Å². The summed E-state index contributed by atoms with van der Waals surface area (Å²) < 4.78 is 10.9. The molecule has 142 valence electrons. The van der Waals surface area contributed by atoms with Crippen molar-refractivity contribution in [3.63, 3.8) is 0 Å². The lowest BCUT2D eigenvalue weighted by atomic mass is 10.1. The van der Waals surface area contributed by atoms with E-state index in [1.807, 2.05) is 30.3 Å². The first-order chi connectivity index (χ1) is 12.7. The van der Waals surface area contributed by atoms with E-state index in [4.69, 9.17) is 9.47 Å². The maximum atomic E-state index is 10.4. The Morgan fingerprint density at radius 3 is 2.50 bits per heavy atom. The van der Waals surface area contributed by atoms with Gasteiger partial charge >= 0.3 is 0 Å². The number of ether oxygens (including phenoxy) is 2. The van der Waals surface area contributed by atoms with E-state index < -0.39 is 6.10 Å². The van der Waals surface area contributed by atoms with Crippen LogP contribution >= 0.6 is 0 Å². The summed E-state index contributed by atoms with van der Waals surface area (Å²) in [5.41, 5.74) is 3.69. The third-order valence-corrected chi connectivity index (χ3v) is 4.37. The first-order valence-electron chi connectivity index (χ1n) is 9.24. The Labute approximate surface area is 157 Å². The van der Waals surface area contributed by atoms with Crippen LogP contribution < -0.4 is 0 Å². The fraction of sp³-hybridized carbons (Fsp3) is 0.455. The van der Waals surface area contributed by atoms with Gasteiger partial charge in [0.15, 0.2) is 0 Å². The van der Waals surface area contributed by atoms with E-state index in [0.29, 0.717) is 19.8 Å². The second-order valence-corrected chi connectivity index (χ2v) is 6.66. The highest BCUT2D eigenvalue weighted by Crippen LogP contribution is 2.12. The van der Waals surface area contributed by atoms with Gasteiger partial charge in [0.1, 0.15) is 0 Å². The third-order valence-electron chi connectivity index (χ3n) is 4.37. The molecule has 0 saturated carbocycles. The highest BCUT2D eigenvalue weighted by atomic mass is 16.5. The number of benzene rings is 2. The van der Waals surface area contributed by atoms with Gasteiger partial charge in [-0.05, 0) is 30.0 Å². The second kappa shape index (κ2) is 11.8. The van der Waals surface area contributed by atoms with E-state index >= 15 is 0 Å². The molecular formula is C22H31NO3. The topological polar surface area (TPSA) is 41.9 Å². The molecule has 2 rings (SSSR count). The zero-order chi connectivity index (χ0) is 18.6. The van der Waals surface area contributed by atoms with Crippen molar-refractivity contribution in [2.24, 2.45) is 0 Å². The van der Waals surface area contributed by atoms with Crippen LogP contribution in [0, 0.1) is 6.92 Å². The highest BCUT2D eigenvalue weighted by Gasteiger charge is 2.13. The van der Waals surface area contributed by atoms with Crippen LogP contribution in [0.1, 0.15) is 23.1 Å². The summed E-state index contributed by atoms with van der Waals surface area (Å²) in [5.74, 6) is 0. The Morgan fingerprint density at radius 1 is 1.04 bits per heavy atom. The van der Waals surface area contributed by atoms with Gasteiger partial charge in [0.05, 0.1) is 19.3 Å². The summed E-state index contributed by atoms with van der Waals surface area (Å²) in [4.78, 5) is 2.28. The smallest absolute Gasteiger partial charge is 0.0900 e. The molecule has 0 aromatic heterocycles. The van der Waals surface area contributed by atoms with Gasteiger partial charge in [-0.15, -0.1) is 0 Å². The van der Waals surface area contributed by atoms with Crippen molar-refractivity contribution in [3.05, 3.63) is 71.3 Å². The average molecular weight is 357 g/mol.